The molecule has 1 N–H and O–H groups in total. The number of hydrogen-bond donors (Lipinski definition) is 1. The Labute approximate surface area is 157 Å². The van der Waals surface area contributed by atoms with E-state index in [0.717, 1.165) is 10.0 Å². The van der Waals surface area contributed by atoms with Crippen LogP contribution in [0.1, 0.15) is 5.56 Å². The topological polar surface area (TPSA) is 85.6 Å². The highest BCUT2D eigenvalue weighted by Gasteiger charge is 2.09. The maximum absolute atomic E-state index is 12.4. The zero-order chi connectivity index (χ0) is 17.9. The predicted octanol–water partition coefficient (Wildman–Crippen LogP) is 3.44. The number of thioether (sulfide) groups is 1. The quantitative estimate of drug-likeness (QED) is 0.529. The Morgan fingerprint density at radius 1 is 1.12 bits per heavy atom. The number of aromatic nitrogens is 5. The smallest absolute Gasteiger partial charge is 0.278 e. The van der Waals surface area contributed by atoms with Gasteiger partial charge in [0.05, 0.1) is 11.3 Å². The number of fused-ring (bicyclic) bond motifs is 1. The Hall–Kier alpha value is -2.78. The first-order valence-corrected chi connectivity index (χ1v) is 9.62. The molecule has 7 nitrogen and oxygen atoms in total. The van der Waals surface area contributed by atoms with E-state index in [1.54, 1.807) is 12.1 Å². The lowest BCUT2D eigenvalue weighted by Crippen LogP contribution is -2.23. The van der Waals surface area contributed by atoms with Crippen LogP contribution in [0.15, 0.2) is 57.7 Å². The molecule has 9 heteroatoms. The monoisotopic (exact) mass is 382 g/mol. The lowest BCUT2D eigenvalue weighted by Gasteiger charge is -2.03. The highest BCUT2D eigenvalue weighted by atomic mass is 32.2. The van der Waals surface area contributed by atoms with Crippen molar-refractivity contribution < 1.29 is 0 Å². The number of anilines is 2. The van der Waals surface area contributed by atoms with Gasteiger partial charge in [-0.25, -0.2) is 0 Å². The summed E-state index contributed by atoms with van der Waals surface area (Å²) in [7, 11) is 0. The highest BCUT2D eigenvalue weighted by Crippen LogP contribution is 2.28. The summed E-state index contributed by atoms with van der Waals surface area (Å²) >= 11 is 2.82. The third-order valence-electron chi connectivity index (χ3n) is 3.62. The molecule has 0 aliphatic rings. The summed E-state index contributed by atoms with van der Waals surface area (Å²) in [6.45, 7) is 2.04. The number of benzene rings is 2. The van der Waals surface area contributed by atoms with Gasteiger partial charge < -0.3 is 5.32 Å². The van der Waals surface area contributed by atoms with E-state index in [-0.39, 0.29) is 5.56 Å². The number of aryl methyl sites for hydroxylation is 1. The van der Waals surface area contributed by atoms with E-state index in [0.29, 0.717) is 21.9 Å². The number of rotatable bonds is 5. The zero-order valence-electron chi connectivity index (χ0n) is 13.8. The maximum Gasteiger partial charge on any atom is 0.278 e. The van der Waals surface area contributed by atoms with Crippen LogP contribution in [0.25, 0.3) is 10.9 Å². The van der Waals surface area contributed by atoms with Crippen LogP contribution >= 0.6 is 23.1 Å². The van der Waals surface area contributed by atoms with Crippen molar-refractivity contribution in [2.45, 2.75) is 17.1 Å². The highest BCUT2D eigenvalue weighted by molar-refractivity contribution is 8.00. The maximum atomic E-state index is 12.4. The molecule has 4 rings (SSSR count). The molecule has 2 aromatic carbocycles. The second-order valence-corrected chi connectivity index (χ2v) is 7.72. The van der Waals surface area contributed by atoms with Crippen LogP contribution in [0.2, 0.25) is 0 Å². The second kappa shape index (κ2) is 7.22. The second-order valence-electron chi connectivity index (χ2n) is 5.55. The van der Waals surface area contributed by atoms with Gasteiger partial charge in [-0.2, -0.15) is 4.68 Å². The van der Waals surface area contributed by atoms with Gasteiger partial charge >= 0.3 is 0 Å². The van der Waals surface area contributed by atoms with Crippen molar-refractivity contribution in [3.8, 4) is 0 Å². The Morgan fingerprint density at radius 3 is 2.88 bits per heavy atom. The van der Waals surface area contributed by atoms with Crippen LogP contribution in [0.5, 0.6) is 0 Å². The Balaban J connectivity index is 1.47. The average Bonchev–Trinajstić information content (AvgIpc) is 3.09. The summed E-state index contributed by atoms with van der Waals surface area (Å²) in [6, 6.07) is 15.2. The molecule has 0 amide bonds. The van der Waals surface area contributed by atoms with Crippen LogP contribution in [0.3, 0.4) is 0 Å². The normalized spacial score (nSPS) is 11.0. The van der Waals surface area contributed by atoms with E-state index < -0.39 is 0 Å². The molecule has 4 aromatic rings. The molecule has 26 heavy (non-hydrogen) atoms. The minimum Gasteiger partial charge on any atom is -0.330 e. The lowest BCUT2D eigenvalue weighted by molar-refractivity contribution is 0.644. The summed E-state index contributed by atoms with van der Waals surface area (Å²) in [5.74, 6) is 0.329. The largest absolute Gasteiger partial charge is 0.330 e. The molecule has 2 aromatic heterocycles. The fourth-order valence-electron chi connectivity index (χ4n) is 2.39. The van der Waals surface area contributed by atoms with Gasteiger partial charge in [-0.05, 0) is 36.8 Å². The van der Waals surface area contributed by atoms with Gasteiger partial charge in [-0.15, -0.1) is 15.3 Å². The molecule has 0 unspecified atom stereocenters. The van der Waals surface area contributed by atoms with Gasteiger partial charge in [0.15, 0.2) is 4.34 Å². The lowest BCUT2D eigenvalue weighted by atomic mass is 10.2. The standard InChI is InChI=1S/C17H14N6OS2/c1-11-5-4-6-12(9-11)18-16-20-21-17(26-16)25-10-23-15(24)13-7-2-3-8-14(13)19-22-23/h2-9H,10H2,1H3,(H,18,20). The van der Waals surface area contributed by atoms with Crippen LogP contribution in [-0.2, 0) is 5.88 Å². The molecule has 0 radical (unpaired) electrons. The fraction of sp³-hybridized carbons (Fsp3) is 0.118. The van der Waals surface area contributed by atoms with Crippen LogP contribution in [-0.4, -0.2) is 25.2 Å². The molecule has 0 aliphatic carbocycles. The first kappa shape index (κ1) is 16.7. The van der Waals surface area contributed by atoms with Crippen LogP contribution in [0, 0.1) is 6.92 Å². The molecule has 2 heterocycles. The van der Waals surface area contributed by atoms with Gasteiger partial charge in [-0.3, -0.25) is 4.79 Å². The first-order valence-electron chi connectivity index (χ1n) is 7.81. The zero-order valence-corrected chi connectivity index (χ0v) is 15.4. The SMILES string of the molecule is Cc1cccc(Nc2nnc(SCn3nnc4ccccc4c3=O)s2)c1. The van der Waals surface area contributed by atoms with Gasteiger partial charge in [0.2, 0.25) is 5.13 Å². The van der Waals surface area contributed by atoms with Gasteiger partial charge in [0.25, 0.3) is 5.56 Å². The molecule has 0 saturated carbocycles. The van der Waals surface area contributed by atoms with Crippen molar-refractivity contribution in [2.24, 2.45) is 0 Å². The van der Waals surface area contributed by atoms with E-state index in [1.807, 2.05) is 43.3 Å². The minimum atomic E-state index is -0.161. The van der Waals surface area contributed by atoms with Crippen molar-refractivity contribution in [2.75, 3.05) is 5.32 Å². The summed E-state index contributed by atoms with van der Waals surface area (Å²) in [6.07, 6.45) is 0. The summed E-state index contributed by atoms with van der Waals surface area (Å²) in [4.78, 5) is 12.4. The fourth-order valence-corrected chi connectivity index (χ4v) is 4.02. The molecular weight excluding hydrogens is 368 g/mol. The first-order chi connectivity index (χ1) is 12.7. The van der Waals surface area contributed by atoms with E-state index in [9.17, 15) is 4.79 Å². The molecule has 0 spiro atoms. The van der Waals surface area contributed by atoms with Crippen LogP contribution in [0.4, 0.5) is 10.8 Å². The third kappa shape index (κ3) is 3.58. The van der Waals surface area contributed by atoms with E-state index in [2.05, 4.69) is 25.8 Å². The molecular formula is C17H14N6OS2. The van der Waals surface area contributed by atoms with E-state index in [4.69, 9.17) is 0 Å². The van der Waals surface area contributed by atoms with Crippen molar-refractivity contribution in [1.82, 2.24) is 25.2 Å². The summed E-state index contributed by atoms with van der Waals surface area (Å²) in [5, 5.41) is 20.8. The molecule has 0 fully saturated rings. The molecule has 0 atom stereocenters. The van der Waals surface area contributed by atoms with Crippen molar-refractivity contribution >= 4 is 44.8 Å². The molecule has 0 aliphatic heterocycles. The van der Waals surface area contributed by atoms with Gasteiger partial charge in [0, 0.05) is 5.69 Å². The van der Waals surface area contributed by atoms with Gasteiger partial charge in [0.1, 0.15) is 5.52 Å². The van der Waals surface area contributed by atoms with Crippen molar-refractivity contribution in [3.05, 3.63) is 64.4 Å². The van der Waals surface area contributed by atoms with Crippen molar-refractivity contribution in [1.29, 1.82) is 0 Å². The molecule has 0 saturated heterocycles. The number of hydrogen-bond acceptors (Lipinski definition) is 8. The number of nitrogens with one attached hydrogen (secondary N) is 1. The Kier molecular flexibility index (Phi) is 4.63. The van der Waals surface area contributed by atoms with Crippen LogP contribution < -0.4 is 10.9 Å². The van der Waals surface area contributed by atoms with Crippen molar-refractivity contribution in [3.63, 3.8) is 0 Å². The third-order valence-corrected chi connectivity index (χ3v) is 5.55. The molecule has 0 bridgehead atoms. The number of nitrogens with zero attached hydrogens (tertiary/aromatic N) is 5. The van der Waals surface area contributed by atoms with E-state index in [1.165, 1.54) is 33.3 Å². The van der Waals surface area contributed by atoms with Gasteiger partial charge in [-0.1, -0.05) is 52.6 Å². The summed E-state index contributed by atoms with van der Waals surface area (Å²) in [5.41, 5.74) is 2.57. The van der Waals surface area contributed by atoms with E-state index >= 15 is 0 Å². The molecule has 130 valence electrons. The predicted molar refractivity (Wildman–Crippen MR) is 104 cm³/mol. The Morgan fingerprint density at radius 2 is 2.00 bits per heavy atom. The Bertz CT molecular complexity index is 1120. The minimum absolute atomic E-state index is 0.161. The summed E-state index contributed by atoms with van der Waals surface area (Å²) < 4.78 is 2.09. The average molecular weight is 382 g/mol.